The largest absolute Gasteiger partial charge is 0.459 e. The number of piperazine rings is 1. The van der Waals surface area contributed by atoms with Crippen molar-refractivity contribution < 1.29 is 22.7 Å². The molecule has 1 aliphatic rings. The van der Waals surface area contributed by atoms with Crippen LogP contribution in [0.25, 0.3) is 11.4 Å². The van der Waals surface area contributed by atoms with Gasteiger partial charge >= 0.3 is 5.97 Å². The lowest BCUT2D eigenvalue weighted by atomic mass is 10.1. The Bertz CT molecular complexity index is 1450. The minimum absolute atomic E-state index is 0.00671. The van der Waals surface area contributed by atoms with Gasteiger partial charge in [0.1, 0.15) is 11.3 Å². The third kappa shape index (κ3) is 5.72. The first-order valence-electron chi connectivity index (χ1n) is 12.2. The van der Waals surface area contributed by atoms with Gasteiger partial charge in [-0.2, -0.15) is 4.31 Å². The summed E-state index contributed by atoms with van der Waals surface area (Å²) < 4.78 is 33.3. The van der Waals surface area contributed by atoms with E-state index in [0.29, 0.717) is 22.1 Å². The zero-order valence-electron chi connectivity index (χ0n) is 21.6. The van der Waals surface area contributed by atoms with Gasteiger partial charge in [-0.1, -0.05) is 41.9 Å². The summed E-state index contributed by atoms with van der Waals surface area (Å²) >= 11 is 5.92. The number of sulfonamides is 1. The molecule has 0 spiro atoms. The van der Waals surface area contributed by atoms with Crippen LogP contribution in [-0.2, 0) is 14.8 Å². The second-order valence-electron chi connectivity index (χ2n) is 9.35. The van der Waals surface area contributed by atoms with Crippen molar-refractivity contribution in [2.75, 3.05) is 19.6 Å². The molecule has 4 rings (SSSR count). The van der Waals surface area contributed by atoms with E-state index in [-0.39, 0.29) is 35.8 Å². The number of rotatable bonds is 6. The smallest absolute Gasteiger partial charge is 0.342 e. The second-order valence-corrected chi connectivity index (χ2v) is 11.7. The maximum absolute atomic E-state index is 13.8. The topological polar surface area (TPSA) is 110 Å². The van der Waals surface area contributed by atoms with Crippen molar-refractivity contribution in [1.29, 1.82) is 0 Å². The van der Waals surface area contributed by atoms with Crippen molar-refractivity contribution in [2.24, 2.45) is 0 Å². The molecule has 1 atom stereocenters. The first kappa shape index (κ1) is 27.7. The average molecular weight is 557 g/mol. The molecule has 1 aromatic heterocycles. The summed E-state index contributed by atoms with van der Waals surface area (Å²) in [6.45, 7) is 7.14. The molecule has 1 amide bonds. The Hall–Kier alpha value is -3.34. The molecule has 9 nitrogen and oxygen atoms in total. The normalized spacial score (nSPS) is 16.5. The highest BCUT2D eigenvalue weighted by atomic mass is 35.5. The van der Waals surface area contributed by atoms with Crippen LogP contribution in [0.3, 0.4) is 0 Å². The molecule has 1 saturated heterocycles. The number of carbonyl (C=O) groups excluding carboxylic acids is 2. The molecule has 0 radical (unpaired) electrons. The van der Waals surface area contributed by atoms with E-state index in [9.17, 15) is 18.0 Å². The van der Waals surface area contributed by atoms with Gasteiger partial charge in [-0.25, -0.2) is 23.2 Å². The summed E-state index contributed by atoms with van der Waals surface area (Å²) in [5.74, 6) is -0.860. The van der Waals surface area contributed by atoms with Crippen LogP contribution in [0, 0.1) is 6.92 Å². The quantitative estimate of drug-likeness (QED) is 0.418. The maximum atomic E-state index is 13.8. The van der Waals surface area contributed by atoms with Crippen LogP contribution in [0.5, 0.6) is 0 Å². The number of aromatic nitrogens is 2. The number of hydrogen-bond acceptors (Lipinski definition) is 7. The Kier molecular flexibility index (Phi) is 8.15. The molecule has 38 heavy (non-hydrogen) atoms. The van der Waals surface area contributed by atoms with E-state index in [2.05, 4.69) is 9.97 Å². The molecule has 11 heteroatoms. The fraction of sp³-hybridized carbons (Fsp3) is 0.333. The Labute approximate surface area is 227 Å². The fourth-order valence-electron chi connectivity index (χ4n) is 4.34. The molecule has 0 aliphatic carbocycles. The van der Waals surface area contributed by atoms with Crippen LogP contribution in [-0.4, -0.2) is 71.2 Å². The van der Waals surface area contributed by atoms with Crippen molar-refractivity contribution >= 4 is 33.5 Å². The van der Waals surface area contributed by atoms with Crippen molar-refractivity contribution in [3.8, 4) is 11.4 Å². The lowest BCUT2D eigenvalue weighted by Crippen LogP contribution is -2.55. The SMILES string of the molecule is Cc1nc(-c2ccccc2)nc(C(=O)N2CCN(S(=O)(=O)c3ccc(Cl)cc3)C(C)C2)c1C(=O)OC(C)C. The molecule has 0 saturated carbocycles. The molecule has 0 N–H and O–H groups in total. The third-order valence-corrected chi connectivity index (χ3v) is 8.43. The second kappa shape index (κ2) is 11.2. The standard InChI is InChI=1S/C27H29ClN4O5S/c1-17(2)37-27(34)23-19(4)29-25(20-8-6-5-7-9-20)30-24(23)26(33)31-14-15-32(18(3)16-31)38(35,36)22-12-10-21(28)11-13-22/h5-13,17-18H,14-16H2,1-4H3. The Morgan fingerprint density at radius 3 is 2.29 bits per heavy atom. The highest BCUT2D eigenvalue weighted by Gasteiger charge is 2.37. The Morgan fingerprint density at radius 1 is 1.03 bits per heavy atom. The van der Waals surface area contributed by atoms with Crippen LogP contribution in [0.1, 0.15) is 47.3 Å². The molecule has 2 heterocycles. The van der Waals surface area contributed by atoms with Gasteiger partial charge in [0.05, 0.1) is 16.7 Å². The third-order valence-electron chi connectivity index (χ3n) is 6.15. The van der Waals surface area contributed by atoms with Crippen LogP contribution < -0.4 is 0 Å². The van der Waals surface area contributed by atoms with Gasteiger partial charge in [-0.05, 0) is 52.0 Å². The first-order chi connectivity index (χ1) is 18.0. The number of hydrogen-bond donors (Lipinski definition) is 0. The van der Waals surface area contributed by atoms with E-state index in [1.54, 1.807) is 27.7 Å². The van der Waals surface area contributed by atoms with Crippen molar-refractivity contribution in [3.05, 3.63) is 76.6 Å². The van der Waals surface area contributed by atoms with E-state index in [1.165, 1.54) is 33.5 Å². The highest BCUT2D eigenvalue weighted by Crippen LogP contribution is 2.26. The summed E-state index contributed by atoms with van der Waals surface area (Å²) in [4.78, 5) is 37.4. The van der Waals surface area contributed by atoms with E-state index in [4.69, 9.17) is 16.3 Å². The summed E-state index contributed by atoms with van der Waals surface area (Å²) in [5, 5.41) is 0.439. The number of carbonyl (C=O) groups is 2. The molecule has 200 valence electrons. The van der Waals surface area contributed by atoms with Crippen molar-refractivity contribution in [1.82, 2.24) is 19.2 Å². The first-order valence-corrected chi connectivity index (χ1v) is 14.0. The number of aryl methyl sites for hydroxylation is 1. The number of halogens is 1. The number of amides is 1. The van der Waals surface area contributed by atoms with Crippen molar-refractivity contribution in [2.45, 2.75) is 44.7 Å². The highest BCUT2D eigenvalue weighted by molar-refractivity contribution is 7.89. The molecular weight excluding hydrogens is 528 g/mol. The van der Waals surface area contributed by atoms with Gasteiger partial charge in [0.15, 0.2) is 5.82 Å². The van der Waals surface area contributed by atoms with Crippen LogP contribution in [0.2, 0.25) is 5.02 Å². The minimum Gasteiger partial charge on any atom is -0.459 e. The number of benzene rings is 2. The van der Waals surface area contributed by atoms with Gasteiger partial charge in [-0.15, -0.1) is 0 Å². The minimum atomic E-state index is -3.79. The van der Waals surface area contributed by atoms with Gasteiger partial charge < -0.3 is 9.64 Å². The van der Waals surface area contributed by atoms with Gasteiger partial charge in [-0.3, -0.25) is 4.79 Å². The number of esters is 1. The molecular formula is C27H29ClN4O5S. The predicted molar refractivity (Wildman–Crippen MR) is 143 cm³/mol. The molecule has 1 aliphatic heterocycles. The van der Waals surface area contributed by atoms with Gasteiger partial charge in [0, 0.05) is 36.3 Å². The van der Waals surface area contributed by atoms with E-state index in [1.807, 2.05) is 30.3 Å². The zero-order valence-corrected chi connectivity index (χ0v) is 23.2. The van der Waals surface area contributed by atoms with E-state index < -0.39 is 34.0 Å². The fourth-order valence-corrected chi connectivity index (χ4v) is 6.07. The van der Waals surface area contributed by atoms with Crippen molar-refractivity contribution in [3.63, 3.8) is 0 Å². The molecule has 3 aromatic rings. The number of nitrogens with zero attached hydrogens (tertiary/aromatic N) is 4. The summed E-state index contributed by atoms with van der Waals surface area (Å²) in [6, 6.07) is 14.6. The molecule has 1 fully saturated rings. The molecule has 2 aromatic carbocycles. The zero-order chi connectivity index (χ0) is 27.6. The summed E-state index contributed by atoms with van der Waals surface area (Å²) in [5.41, 5.74) is 0.959. The Morgan fingerprint density at radius 2 is 1.68 bits per heavy atom. The monoisotopic (exact) mass is 556 g/mol. The average Bonchev–Trinajstić information content (AvgIpc) is 2.87. The maximum Gasteiger partial charge on any atom is 0.342 e. The summed E-state index contributed by atoms with van der Waals surface area (Å²) in [7, 11) is -3.79. The molecule has 0 bridgehead atoms. The summed E-state index contributed by atoms with van der Waals surface area (Å²) in [6.07, 6.45) is -0.403. The lowest BCUT2D eigenvalue weighted by molar-refractivity contribution is 0.0368. The lowest BCUT2D eigenvalue weighted by Gasteiger charge is -2.39. The van der Waals surface area contributed by atoms with Gasteiger partial charge in [0.25, 0.3) is 5.91 Å². The Balaban J connectivity index is 1.66. The van der Waals surface area contributed by atoms with E-state index in [0.717, 1.165) is 0 Å². The molecule has 1 unspecified atom stereocenters. The number of ether oxygens (including phenoxy) is 1. The van der Waals surface area contributed by atoms with Crippen LogP contribution in [0.4, 0.5) is 0 Å². The van der Waals surface area contributed by atoms with Crippen LogP contribution in [0.15, 0.2) is 59.5 Å². The van der Waals surface area contributed by atoms with Gasteiger partial charge in [0.2, 0.25) is 10.0 Å². The predicted octanol–water partition coefficient (Wildman–Crippen LogP) is 4.21. The van der Waals surface area contributed by atoms with E-state index >= 15 is 0 Å². The van der Waals surface area contributed by atoms with Crippen LogP contribution >= 0.6 is 11.6 Å².